The number of benzene rings is 2. The van der Waals surface area contributed by atoms with Crippen LogP contribution in [0, 0.1) is 5.92 Å². The first-order valence-electron chi connectivity index (χ1n) is 10.3. The summed E-state index contributed by atoms with van der Waals surface area (Å²) in [5.74, 6) is -1.63. The summed E-state index contributed by atoms with van der Waals surface area (Å²) in [5.41, 5.74) is 7.87. The van der Waals surface area contributed by atoms with Crippen LogP contribution in [0.1, 0.15) is 25.0 Å². The molecule has 0 radical (unpaired) electrons. The highest BCUT2D eigenvalue weighted by molar-refractivity contribution is 5.92. The molecule has 2 aromatic rings. The number of rotatable bonds is 10. The van der Waals surface area contributed by atoms with Crippen LogP contribution in [0.3, 0.4) is 0 Å². The fourth-order valence-electron chi connectivity index (χ4n) is 3.20. The van der Waals surface area contributed by atoms with E-state index < -0.39 is 35.9 Å². The van der Waals surface area contributed by atoms with Crippen LogP contribution in [0.2, 0.25) is 0 Å². The van der Waals surface area contributed by atoms with Gasteiger partial charge in [-0.2, -0.15) is 0 Å². The van der Waals surface area contributed by atoms with Gasteiger partial charge in [0.05, 0.1) is 13.2 Å². The van der Waals surface area contributed by atoms with Gasteiger partial charge < -0.3 is 21.1 Å². The van der Waals surface area contributed by atoms with Crippen molar-refractivity contribution in [1.29, 1.82) is 0 Å². The van der Waals surface area contributed by atoms with Crippen LogP contribution >= 0.6 is 0 Å². The van der Waals surface area contributed by atoms with Gasteiger partial charge in [0.15, 0.2) is 0 Å². The Bertz CT molecular complexity index is 856. The van der Waals surface area contributed by atoms with Crippen LogP contribution < -0.4 is 16.4 Å². The largest absolute Gasteiger partial charge is 0.467 e. The molecule has 0 fully saturated rings. The molecule has 4 N–H and O–H groups in total. The number of esters is 1. The van der Waals surface area contributed by atoms with Crippen LogP contribution in [-0.2, 0) is 32.0 Å². The number of hydrogen-bond acceptors (Lipinski definition) is 5. The van der Waals surface area contributed by atoms with E-state index >= 15 is 0 Å². The average molecular weight is 426 g/mol. The predicted octanol–water partition coefficient (Wildman–Crippen LogP) is 1.60. The zero-order valence-corrected chi connectivity index (χ0v) is 18.2. The predicted molar refractivity (Wildman–Crippen MR) is 119 cm³/mol. The molecule has 2 aromatic carbocycles. The number of nitrogens with one attached hydrogen (secondary N) is 2. The molecule has 0 aliphatic rings. The maximum Gasteiger partial charge on any atom is 0.328 e. The van der Waals surface area contributed by atoms with E-state index in [0.717, 1.165) is 11.1 Å². The standard InChI is InChI=1S/C24H31N3O4/c1-16(2)21(27-22(28)19(25)14-17-10-6-4-7-11-17)23(29)26-20(24(30)31-3)15-18-12-8-5-9-13-18/h4-13,16,19-21H,14-15,25H2,1-3H3,(H,26,29)(H,27,28)/t19-,20-,21-/m0/s1. The third kappa shape index (κ3) is 7.53. The van der Waals surface area contributed by atoms with E-state index in [1.165, 1.54) is 7.11 Å². The van der Waals surface area contributed by atoms with Gasteiger partial charge in [-0.1, -0.05) is 74.5 Å². The van der Waals surface area contributed by atoms with Gasteiger partial charge in [-0.25, -0.2) is 4.79 Å². The number of carbonyl (C=O) groups excluding carboxylic acids is 3. The Hall–Kier alpha value is -3.19. The minimum absolute atomic E-state index is 0.206. The Balaban J connectivity index is 2.05. The Morgan fingerprint density at radius 2 is 1.35 bits per heavy atom. The van der Waals surface area contributed by atoms with E-state index in [2.05, 4.69) is 10.6 Å². The lowest BCUT2D eigenvalue weighted by Gasteiger charge is -2.26. The minimum Gasteiger partial charge on any atom is -0.467 e. The zero-order valence-electron chi connectivity index (χ0n) is 18.2. The van der Waals surface area contributed by atoms with Crippen LogP contribution in [0.5, 0.6) is 0 Å². The lowest BCUT2D eigenvalue weighted by molar-refractivity contribution is -0.145. The normalized spacial score (nSPS) is 13.7. The van der Waals surface area contributed by atoms with Crippen molar-refractivity contribution in [2.24, 2.45) is 11.7 Å². The van der Waals surface area contributed by atoms with Crippen molar-refractivity contribution in [3.8, 4) is 0 Å². The van der Waals surface area contributed by atoms with Crippen molar-refractivity contribution in [2.75, 3.05) is 7.11 Å². The molecule has 0 aromatic heterocycles. The van der Waals surface area contributed by atoms with Gasteiger partial charge in [-0.3, -0.25) is 9.59 Å². The first-order chi connectivity index (χ1) is 14.8. The maximum atomic E-state index is 12.9. The summed E-state index contributed by atoms with van der Waals surface area (Å²) in [6.45, 7) is 3.63. The molecule has 7 heteroatoms. The van der Waals surface area contributed by atoms with E-state index in [9.17, 15) is 14.4 Å². The van der Waals surface area contributed by atoms with Gasteiger partial charge in [-0.15, -0.1) is 0 Å². The monoisotopic (exact) mass is 425 g/mol. The molecule has 3 atom stereocenters. The second-order valence-corrected chi connectivity index (χ2v) is 7.80. The van der Waals surface area contributed by atoms with E-state index in [0.29, 0.717) is 6.42 Å². The van der Waals surface area contributed by atoms with Crippen molar-refractivity contribution in [3.63, 3.8) is 0 Å². The van der Waals surface area contributed by atoms with Crippen LogP contribution in [0.25, 0.3) is 0 Å². The number of nitrogens with two attached hydrogens (primary N) is 1. The second kappa shape index (κ2) is 11.9. The smallest absolute Gasteiger partial charge is 0.328 e. The molecule has 0 heterocycles. The molecule has 0 bridgehead atoms. The summed E-state index contributed by atoms with van der Waals surface area (Å²) in [4.78, 5) is 37.8. The van der Waals surface area contributed by atoms with Crippen molar-refractivity contribution < 1.29 is 19.1 Å². The molecule has 31 heavy (non-hydrogen) atoms. The number of ether oxygens (including phenoxy) is 1. The SMILES string of the molecule is COC(=O)[C@H](Cc1ccccc1)NC(=O)[C@@H](NC(=O)[C@@H](N)Cc1ccccc1)C(C)C. The van der Waals surface area contributed by atoms with Gasteiger partial charge in [0.2, 0.25) is 11.8 Å². The molecule has 2 rings (SSSR count). The van der Waals surface area contributed by atoms with Gasteiger partial charge in [0.1, 0.15) is 12.1 Å². The molecule has 166 valence electrons. The Morgan fingerprint density at radius 1 is 0.839 bits per heavy atom. The highest BCUT2D eigenvalue weighted by Crippen LogP contribution is 2.08. The van der Waals surface area contributed by atoms with Gasteiger partial charge in [0.25, 0.3) is 0 Å². The Morgan fingerprint density at radius 3 is 1.84 bits per heavy atom. The van der Waals surface area contributed by atoms with E-state index in [1.54, 1.807) is 0 Å². The molecule has 0 aliphatic heterocycles. The summed E-state index contributed by atoms with van der Waals surface area (Å²) in [7, 11) is 1.27. The number of carbonyl (C=O) groups is 3. The minimum atomic E-state index is -0.865. The fourth-order valence-corrected chi connectivity index (χ4v) is 3.20. The average Bonchev–Trinajstić information content (AvgIpc) is 2.77. The molecule has 2 amide bonds. The van der Waals surface area contributed by atoms with Crippen molar-refractivity contribution in [2.45, 2.75) is 44.8 Å². The van der Waals surface area contributed by atoms with Gasteiger partial charge >= 0.3 is 5.97 Å². The van der Waals surface area contributed by atoms with Crippen LogP contribution in [-0.4, -0.2) is 43.0 Å². The molecule has 0 unspecified atom stereocenters. The first kappa shape index (κ1) is 24.1. The molecule has 7 nitrogen and oxygen atoms in total. The third-order valence-electron chi connectivity index (χ3n) is 4.97. The molecule has 0 saturated carbocycles. The summed E-state index contributed by atoms with van der Waals surface area (Å²) in [6.07, 6.45) is 0.642. The summed E-state index contributed by atoms with van der Waals surface area (Å²) in [5, 5.41) is 5.46. The van der Waals surface area contributed by atoms with Gasteiger partial charge in [0, 0.05) is 6.42 Å². The summed E-state index contributed by atoms with van der Waals surface area (Å²) in [6, 6.07) is 16.3. The molecule has 0 aliphatic carbocycles. The molecular weight excluding hydrogens is 394 g/mol. The quantitative estimate of drug-likeness (QED) is 0.501. The second-order valence-electron chi connectivity index (χ2n) is 7.80. The lowest BCUT2D eigenvalue weighted by Crippen LogP contribution is -2.57. The fraction of sp³-hybridized carbons (Fsp3) is 0.375. The Kier molecular flexibility index (Phi) is 9.21. The van der Waals surface area contributed by atoms with E-state index in [1.807, 2.05) is 74.5 Å². The van der Waals surface area contributed by atoms with Crippen LogP contribution in [0.4, 0.5) is 0 Å². The number of methoxy groups -OCH3 is 1. The van der Waals surface area contributed by atoms with E-state index in [-0.39, 0.29) is 12.3 Å². The van der Waals surface area contributed by atoms with Crippen molar-refractivity contribution in [1.82, 2.24) is 10.6 Å². The number of amides is 2. The zero-order chi connectivity index (χ0) is 22.8. The maximum absolute atomic E-state index is 12.9. The van der Waals surface area contributed by atoms with Gasteiger partial charge in [-0.05, 0) is 23.5 Å². The summed E-state index contributed by atoms with van der Waals surface area (Å²) >= 11 is 0. The highest BCUT2D eigenvalue weighted by Gasteiger charge is 2.30. The van der Waals surface area contributed by atoms with Crippen molar-refractivity contribution in [3.05, 3.63) is 71.8 Å². The molecule has 0 spiro atoms. The van der Waals surface area contributed by atoms with E-state index in [4.69, 9.17) is 10.5 Å². The van der Waals surface area contributed by atoms with Crippen molar-refractivity contribution >= 4 is 17.8 Å². The number of hydrogen-bond donors (Lipinski definition) is 3. The topological polar surface area (TPSA) is 111 Å². The Labute approximate surface area is 183 Å². The molecular formula is C24H31N3O4. The molecule has 0 saturated heterocycles. The van der Waals surface area contributed by atoms with Crippen LogP contribution in [0.15, 0.2) is 60.7 Å². The lowest BCUT2D eigenvalue weighted by atomic mass is 10.00. The highest BCUT2D eigenvalue weighted by atomic mass is 16.5. The third-order valence-corrected chi connectivity index (χ3v) is 4.97. The summed E-state index contributed by atoms with van der Waals surface area (Å²) < 4.78 is 4.85. The first-order valence-corrected chi connectivity index (χ1v) is 10.3.